The van der Waals surface area contributed by atoms with Crippen LogP contribution in [0.25, 0.3) is 0 Å². The fourth-order valence-electron chi connectivity index (χ4n) is 9.11. The van der Waals surface area contributed by atoms with Gasteiger partial charge in [-0.3, -0.25) is 9.59 Å². The van der Waals surface area contributed by atoms with E-state index in [0.717, 1.165) is 51.5 Å². The van der Waals surface area contributed by atoms with Crippen molar-refractivity contribution >= 4 is 45.7 Å². The fourth-order valence-corrected chi connectivity index (χ4v) is 10.8. The number of amides is 2. The van der Waals surface area contributed by atoms with Crippen LogP contribution in [0.1, 0.15) is 237 Å². The van der Waals surface area contributed by atoms with E-state index < -0.39 is 23.0 Å². The highest BCUT2D eigenvalue weighted by molar-refractivity contribution is 8.76. The summed E-state index contributed by atoms with van der Waals surface area (Å²) in [4.78, 5) is 57.2. The van der Waals surface area contributed by atoms with Crippen molar-refractivity contribution in [2.24, 2.45) is 21.7 Å². The summed E-state index contributed by atoms with van der Waals surface area (Å²) in [6.07, 6.45) is 24.3. The molecule has 2 amide bonds. The quantitative estimate of drug-likeness (QED) is 0.0271. The van der Waals surface area contributed by atoms with E-state index in [9.17, 15) is 19.2 Å². The Morgan fingerprint density at radius 1 is 0.536 bits per heavy atom. The van der Waals surface area contributed by atoms with Crippen molar-refractivity contribution in [1.29, 1.82) is 0 Å². The molecule has 0 saturated carbocycles. The largest absolute Gasteiger partial charge is 0.462 e. The molecule has 0 aliphatic heterocycles. The first-order chi connectivity index (χ1) is 32.5. The Morgan fingerprint density at radius 2 is 0.986 bits per heavy atom. The van der Waals surface area contributed by atoms with Gasteiger partial charge in [0.2, 0.25) is 0 Å². The SMILES string of the molecule is CCCCCCCCC(CC)OC(=O)CC(C)(C)C(C)(C)CN(CC(C)(C)CC(C)(C)CC(=O)OC(CCCCCCC)CCCCCCCC)C(=O)OCCSSCCOC(=O)NCCN(C)C. The molecule has 0 aromatic heterocycles. The van der Waals surface area contributed by atoms with Crippen LogP contribution in [0, 0.1) is 21.7 Å². The lowest BCUT2D eigenvalue weighted by Crippen LogP contribution is -2.49. The molecule has 0 bridgehead atoms. The molecule has 0 heterocycles. The van der Waals surface area contributed by atoms with Crippen molar-refractivity contribution in [2.75, 3.05) is 65.0 Å². The summed E-state index contributed by atoms with van der Waals surface area (Å²) in [7, 11) is 7.04. The van der Waals surface area contributed by atoms with E-state index in [1.165, 1.54) is 89.9 Å². The van der Waals surface area contributed by atoms with Crippen molar-refractivity contribution in [3.8, 4) is 0 Å². The summed E-state index contributed by atoms with van der Waals surface area (Å²) in [5, 5.41) is 2.75. The van der Waals surface area contributed by atoms with Crippen LogP contribution in [-0.4, -0.2) is 111 Å². The van der Waals surface area contributed by atoms with E-state index in [4.69, 9.17) is 18.9 Å². The monoisotopic (exact) mass is 1020 g/mol. The van der Waals surface area contributed by atoms with Gasteiger partial charge in [-0.2, -0.15) is 0 Å². The number of nitrogens with one attached hydrogen (secondary N) is 1. The van der Waals surface area contributed by atoms with E-state index in [1.807, 2.05) is 23.9 Å². The van der Waals surface area contributed by atoms with Crippen molar-refractivity contribution in [2.45, 2.75) is 249 Å². The Balaban J connectivity index is 5.89. The van der Waals surface area contributed by atoms with Crippen LogP contribution in [0.2, 0.25) is 0 Å². The average molecular weight is 1020 g/mol. The Bertz CT molecular complexity index is 1340. The highest BCUT2D eigenvalue weighted by atomic mass is 33.1. The zero-order valence-electron chi connectivity index (χ0n) is 47.3. The molecule has 0 saturated heterocycles. The van der Waals surface area contributed by atoms with Gasteiger partial charge < -0.3 is 34.1 Å². The van der Waals surface area contributed by atoms with E-state index >= 15 is 0 Å². The van der Waals surface area contributed by atoms with Crippen molar-refractivity contribution in [3.63, 3.8) is 0 Å². The minimum Gasteiger partial charge on any atom is -0.462 e. The maximum Gasteiger partial charge on any atom is 0.409 e. The minimum absolute atomic E-state index is 0.0372. The summed E-state index contributed by atoms with van der Waals surface area (Å²) < 4.78 is 23.6. The van der Waals surface area contributed by atoms with Crippen LogP contribution in [0.3, 0.4) is 0 Å². The highest BCUT2D eigenvalue weighted by Gasteiger charge is 2.43. The second-order valence-corrected chi connectivity index (χ2v) is 25.8. The molecule has 0 aliphatic rings. The molecule has 2 unspecified atom stereocenters. The number of alkyl carbamates (subject to hydrolysis) is 1. The summed E-state index contributed by atoms with van der Waals surface area (Å²) >= 11 is 0. The Morgan fingerprint density at radius 3 is 1.48 bits per heavy atom. The molecule has 11 nitrogen and oxygen atoms in total. The predicted octanol–water partition coefficient (Wildman–Crippen LogP) is 15.5. The number of hydrogen-bond acceptors (Lipinski definition) is 11. The highest BCUT2D eigenvalue weighted by Crippen LogP contribution is 2.44. The number of esters is 2. The van der Waals surface area contributed by atoms with Crippen molar-refractivity contribution < 1.29 is 38.1 Å². The molecule has 0 rings (SSSR count). The molecular weight excluding hydrogens is 907 g/mol. The summed E-state index contributed by atoms with van der Waals surface area (Å²) in [5.74, 6) is 0.874. The van der Waals surface area contributed by atoms with Gasteiger partial charge in [0, 0.05) is 37.7 Å². The van der Waals surface area contributed by atoms with Crippen LogP contribution in [0.5, 0.6) is 0 Å². The Kier molecular flexibility index (Phi) is 37.7. The normalized spacial score (nSPS) is 13.3. The Hall–Kier alpha value is -1.86. The van der Waals surface area contributed by atoms with Crippen molar-refractivity contribution in [3.05, 3.63) is 0 Å². The lowest BCUT2D eigenvalue weighted by molar-refractivity contribution is -0.155. The number of unbranched alkanes of at least 4 members (excludes halogenated alkanes) is 14. The van der Waals surface area contributed by atoms with Crippen LogP contribution in [0.15, 0.2) is 0 Å². The summed E-state index contributed by atoms with van der Waals surface area (Å²) in [5.41, 5.74) is -1.76. The molecule has 0 spiro atoms. The third-order valence-electron chi connectivity index (χ3n) is 13.6. The molecule has 0 aromatic rings. The smallest absolute Gasteiger partial charge is 0.409 e. The number of nitrogens with zero attached hydrogens (tertiary/aromatic N) is 2. The van der Waals surface area contributed by atoms with Gasteiger partial charge in [0.15, 0.2) is 0 Å². The number of carbonyl (C=O) groups excluding carboxylic acids is 4. The van der Waals surface area contributed by atoms with Gasteiger partial charge in [-0.1, -0.05) is 195 Å². The molecule has 2 atom stereocenters. The summed E-state index contributed by atoms with van der Waals surface area (Å²) in [6.45, 7) is 28.4. The molecule has 1 N–H and O–H groups in total. The molecule has 0 aromatic carbocycles. The van der Waals surface area contributed by atoms with Gasteiger partial charge in [0.1, 0.15) is 25.4 Å². The molecule has 0 radical (unpaired) electrons. The first kappa shape index (κ1) is 67.1. The second kappa shape index (κ2) is 38.7. The Labute approximate surface area is 433 Å². The standard InChI is InChI=1S/C56H109N3O8S2/c1-15-19-22-25-28-30-33-47(18-4)66-50(61)43-55(9,10)56(11,12)46-59(52(63)65-39-41-69-68-40-38-64-51(62)57-36-37-58(13)14)45-54(7,8)44-53(5,6)42-49(60)67-48(34-31-27-24-21-17-3)35-32-29-26-23-20-16-2/h47-48H,15-46H2,1-14H3,(H,57,62). The average Bonchev–Trinajstić information content (AvgIpc) is 3.24. The number of carbonyl (C=O) groups is 4. The molecule has 0 fully saturated rings. The molecular formula is C56H109N3O8S2. The molecule has 13 heteroatoms. The van der Waals surface area contributed by atoms with Crippen LogP contribution in [0.4, 0.5) is 9.59 Å². The van der Waals surface area contributed by atoms with E-state index in [1.54, 1.807) is 21.6 Å². The number of hydrogen-bond donors (Lipinski definition) is 1. The van der Waals surface area contributed by atoms with Gasteiger partial charge in [-0.25, -0.2) is 9.59 Å². The van der Waals surface area contributed by atoms with Gasteiger partial charge in [0.05, 0.1) is 12.8 Å². The lowest BCUT2D eigenvalue weighted by Gasteiger charge is -2.46. The van der Waals surface area contributed by atoms with E-state index in [-0.39, 0.29) is 54.6 Å². The molecule has 408 valence electrons. The van der Waals surface area contributed by atoms with E-state index in [2.05, 4.69) is 88.4 Å². The molecule has 0 aliphatic carbocycles. The maximum atomic E-state index is 14.2. The van der Waals surface area contributed by atoms with E-state index in [0.29, 0.717) is 44.0 Å². The maximum absolute atomic E-state index is 14.2. The van der Waals surface area contributed by atoms with Gasteiger partial charge in [0.25, 0.3) is 0 Å². The lowest BCUT2D eigenvalue weighted by atomic mass is 9.65. The predicted molar refractivity (Wildman–Crippen MR) is 294 cm³/mol. The number of ether oxygens (including phenoxy) is 4. The number of rotatable bonds is 44. The summed E-state index contributed by atoms with van der Waals surface area (Å²) in [6, 6.07) is 0. The third kappa shape index (κ3) is 35.8. The third-order valence-corrected chi connectivity index (χ3v) is 15.9. The van der Waals surface area contributed by atoms with Crippen LogP contribution >= 0.6 is 21.6 Å². The van der Waals surface area contributed by atoms with Crippen LogP contribution < -0.4 is 5.32 Å². The topological polar surface area (TPSA) is 124 Å². The zero-order valence-corrected chi connectivity index (χ0v) is 48.9. The second-order valence-electron chi connectivity index (χ2n) is 23.1. The molecule has 69 heavy (non-hydrogen) atoms. The van der Waals surface area contributed by atoms with Crippen LogP contribution in [-0.2, 0) is 28.5 Å². The van der Waals surface area contributed by atoms with Gasteiger partial charge >= 0.3 is 24.1 Å². The van der Waals surface area contributed by atoms with Gasteiger partial charge in [-0.05, 0) is 87.1 Å². The zero-order chi connectivity index (χ0) is 52.2. The minimum atomic E-state index is -0.506. The van der Waals surface area contributed by atoms with Crippen molar-refractivity contribution in [1.82, 2.24) is 15.1 Å². The first-order valence-corrected chi connectivity index (χ1v) is 30.1. The first-order valence-electron chi connectivity index (χ1n) is 27.6. The fraction of sp³-hybridized carbons (Fsp3) is 0.929. The number of likely N-dealkylation sites (N-methyl/N-ethyl adjacent to an activating group) is 1. The van der Waals surface area contributed by atoms with Gasteiger partial charge in [-0.15, -0.1) is 0 Å².